The first kappa shape index (κ1) is 18.4. The third kappa shape index (κ3) is 5.60. The monoisotopic (exact) mass is 343 g/mol. The predicted molar refractivity (Wildman–Crippen MR) is 101 cm³/mol. The van der Waals surface area contributed by atoms with Crippen molar-refractivity contribution in [3.05, 3.63) is 48.0 Å². The van der Waals surface area contributed by atoms with Crippen LogP contribution in [0.4, 0.5) is 16.2 Å². The van der Waals surface area contributed by atoms with Crippen LogP contribution in [0.1, 0.15) is 5.56 Å². The highest BCUT2D eigenvalue weighted by Gasteiger charge is 2.06. The zero-order valence-corrected chi connectivity index (χ0v) is 15.1. The molecule has 2 aromatic carbocycles. The van der Waals surface area contributed by atoms with Crippen LogP contribution >= 0.6 is 0 Å². The van der Waals surface area contributed by atoms with Gasteiger partial charge in [0, 0.05) is 50.2 Å². The highest BCUT2D eigenvalue weighted by Crippen LogP contribution is 2.25. The number of methoxy groups -OCH3 is 2. The van der Waals surface area contributed by atoms with E-state index in [4.69, 9.17) is 9.47 Å². The summed E-state index contributed by atoms with van der Waals surface area (Å²) in [6, 6.07) is 13.2. The first-order valence-electron chi connectivity index (χ1n) is 8.06. The summed E-state index contributed by atoms with van der Waals surface area (Å²) in [7, 11) is 7.16. The molecule has 2 aromatic rings. The summed E-state index contributed by atoms with van der Waals surface area (Å²) in [5, 5.41) is 5.63. The van der Waals surface area contributed by atoms with Gasteiger partial charge in [-0.25, -0.2) is 4.79 Å². The van der Waals surface area contributed by atoms with Gasteiger partial charge in [-0.2, -0.15) is 0 Å². The van der Waals surface area contributed by atoms with E-state index in [2.05, 4.69) is 39.8 Å². The second-order valence-corrected chi connectivity index (χ2v) is 5.79. The molecule has 0 radical (unpaired) electrons. The summed E-state index contributed by atoms with van der Waals surface area (Å²) in [5.74, 6) is 1.24. The summed E-state index contributed by atoms with van der Waals surface area (Å²) in [5.41, 5.74) is 2.94. The van der Waals surface area contributed by atoms with Crippen LogP contribution in [0.15, 0.2) is 42.5 Å². The summed E-state index contributed by atoms with van der Waals surface area (Å²) in [4.78, 5) is 14.1. The normalized spacial score (nSPS) is 10.1. The number of urea groups is 1. The molecular weight excluding hydrogens is 318 g/mol. The van der Waals surface area contributed by atoms with Gasteiger partial charge in [-0.05, 0) is 24.1 Å². The number of ether oxygens (including phenoxy) is 2. The van der Waals surface area contributed by atoms with Crippen molar-refractivity contribution in [2.75, 3.05) is 45.1 Å². The molecule has 0 aliphatic rings. The standard InChI is InChI=1S/C19H25N3O3/c1-22(2)16-7-5-14(6-8-16)9-10-20-19(23)21-15-11-17(24-3)13-18(12-15)25-4/h5-8,11-13H,9-10H2,1-4H3,(H2,20,21,23). The topological polar surface area (TPSA) is 62.8 Å². The fraction of sp³-hybridized carbons (Fsp3) is 0.316. The highest BCUT2D eigenvalue weighted by atomic mass is 16.5. The lowest BCUT2D eigenvalue weighted by atomic mass is 10.1. The van der Waals surface area contributed by atoms with Crippen molar-refractivity contribution in [2.45, 2.75) is 6.42 Å². The second kappa shape index (κ2) is 8.82. The Bertz CT molecular complexity index is 677. The van der Waals surface area contributed by atoms with Crippen LogP contribution in [0, 0.1) is 0 Å². The number of anilines is 2. The lowest BCUT2D eigenvalue weighted by Crippen LogP contribution is -2.30. The number of amides is 2. The molecule has 0 fully saturated rings. The molecule has 2 N–H and O–H groups in total. The third-order valence-electron chi connectivity index (χ3n) is 3.76. The molecule has 0 aromatic heterocycles. The molecule has 0 saturated carbocycles. The highest BCUT2D eigenvalue weighted by molar-refractivity contribution is 5.89. The number of carbonyl (C=O) groups is 1. The Labute approximate surface area is 148 Å². The minimum atomic E-state index is -0.264. The van der Waals surface area contributed by atoms with Crippen molar-refractivity contribution in [1.29, 1.82) is 0 Å². The number of benzene rings is 2. The van der Waals surface area contributed by atoms with Crippen molar-refractivity contribution in [1.82, 2.24) is 5.32 Å². The average molecular weight is 343 g/mol. The van der Waals surface area contributed by atoms with E-state index in [9.17, 15) is 4.79 Å². The van der Waals surface area contributed by atoms with Gasteiger partial charge in [0.05, 0.1) is 14.2 Å². The summed E-state index contributed by atoms with van der Waals surface area (Å²) >= 11 is 0. The van der Waals surface area contributed by atoms with Crippen LogP contribution < -0.4 is 25.0 Å². The van der Waals surface area contributed by atoms with Gasteiger partial charge in [0.1, 0.15) is 11.5 Å². The second-order valence-electron chi connectivity index (χ2n) is 5.79. The van der Waals surface area contributed by atoms with Gasteiger partial charge < -0.3 is 25.0 Å². The van der Waals surface area contributed by atoms with Gasteiger partial charge in [0.15, 0.2) is 0 Å². The SMILES string of the molecule is COc1cc(NC(=O)NCCc2ccc(N(C)C)cc2)cc(OC)c1. The zero-order valence-electron chi connectivity index (χ0n) is 15.1. The molecular formula is C19H25N3O3. The maximum absolute atomic E-state index is 12.0. The van der Waals surface area contributed by atoms with Gasteiger partial charge in [-0.1, -0.05) is 12.1 Å². The molecule has 25 heavy (non-hydrogen) atoms. The van der Waals surface area contributed by atoms with Gasteiger partial charge in [0.2, 0.25) is 0 Å². The Kier molecular flexibility index (Phi) is 6.51. The molecule has 0 saturated heterocycles. The van der Waals surface area contributed by atoms with E-state index in [0.29, 0.717) is 23.7 Å². The summed E-state index contributed by atoms with van der Waals surface area (Å²) in [6.45, 7) is 0.550. The largest absolute Gasteiger partial charge is 0.497 e. The molecule has 2 amide bonds. The number of hydrogen-bond donors (Lipinski definition) is 2. The Morgan fingerprint density at radius 1 is 1.00 bits per heavy atom. The molecule has 0 atom stereocenters. The molecule has 6 heteroatoms. The fourth-order valence-electron chi connectivity index (χ4n) is 2.34. The van der Waals surface area contributed by atoms with Gasteiger partial charge in [-0.3, -0.25) is 0 Å². The number of nitrogens with zero attached hydrogens (tertiary/aromatic N) is 1. The first-order chi connectivity index (χ1) is 12.0. The Morgan fingerprint density at radius 3 is 2.12 bits per heavy atom. The van der Waals surface area contributed by atoms with Gasteiger partial charge in [0.25, 0.3) is 0 Å². The van der Waals surface area contributed by atoms with Crippen molar-refractivity contribution in [2.24, 2.45) is 0 Å². The lowest BCUT2D eigenvalue weighted by Gasteiger charge is -2.13. The van der Waals surface area contributed by atoms with Crippen molar-refractivity contribution >= 4 is 17.4 Å². The first-order valence-corrected chi connectivity index (χ1v) is 8.06. The van der Waals surface area contributed by atoms with E-state index in [1.54, 1.807) is 32.4 Å². The summed E-state index contributed by atoms with van der Waals surface area (Å²) in [6.07, 6.45) is 0.766. The third-order valence-corrected chi connectivity index (χ3v) is 3.76. The van der Waals surface area contributed by atoms with Crippen LogP contribution in [0.25, 0.3) is 0 Å². The predicted octanol–water partition coefficient (Wildman–Crippen LogP) is 3.13. The molecule has 0 spiro atoms. The van der Waals surface area contributed by atoms with Gasteiger partial charge in [-0.15, -0.1) is 0 Å². The van der Waals surface area contributed by atoms with E-state index in [0.717, 1.165) is 12.1 Å². The minimum Gasteiger partial charge on any atom is -0.497 e. The van der Waals surface area contributed by atoms with E-state index in [-0.39, 0.29) is 6.03 Å². The fourth-order valence-corrected chi connectivity index (χ4v) is 2.34. The Balaban J connectivity index is 1.84. The molecule has 0 unspecified atom stereocenters. The minimum absolute atomic E-state index is 0.264. The molecule has 0 heterocycles. The van der Waals surface area contributed by atoms with Crippen molar-refractivity contribution in [3.8, 4) is 11.5 Å². The average Bonchev–Trinajstić information content (AvgIpc) is 2.61. The van der Waals surface area contributed by atoms with Crippen LogP contribution in [0.5, 0.6) is 11.5 Å². The number of rotatable bonds is 7. The molecule has 0 aliphatic carbocycles. The molecule has 0 aliphatic heterocycles. The quantitative estimate of drug-likeness (QED) is 0.811. The number of carbonyl (C=O) groups excluding carboxylic acids is 1. The summed E-state index contributed by atoms with van der Waals surface area (Å²) < 4.78 is 10.4. The van der Waals surface area contributed by atoms with Crippen molar-refractivity contribution in [3.63, 3.8) is 0 Å². The lowest BCUT2D eigenvalue weighted by molar-refractivity contribution is 0.252. The number of nitrogens with one attached hydrogen (secondary N) is 2. The maximum Gasteiger partial charge on any atom is 0.319 e. The Hall–Kier alpha value is -2.89. The molecule has 134 valence electrons. The smallest absolute Gasteiger partial charge is 0.319 e. The van der Waals surface area contributed by atoms with Crippen LogP contribution in [0.3, 0.4) is 0 Å². The van der Waals surface area contributed by atoms with E-state index in [1.807, 2.05) is 14.1 Å². The van der Waals surface area contributed by atoms with Crippen LogP contribution in [-0.4, -0.2) is 40.9 Å². The van der Waals surface area contributed by atoms with Crippen LogP contribution in [0.2, 0.25) is 0 Å². The molecule has 6 nitrogen and oxygen atoms in total. The molecule has 2 rings (SSSR count). The van der Waals surface area contributed by atoms with Gasteiger partial charge >= 0.3 is 6.03 Å². The maximum atomic E-state index is 12.0. The van der Waals surface area contributed by atoms with E-state index >= 15 is 0 Å². The van der Waals surface area contributed by atoms with Crippen molar-refractivity contribution < 1.29 is 14.3 Å². The van der Waals surface area contributed by atoms with Crippen LogP contribution in [-0.2, 0) is 6.42 Å². The Morgan fingerprint density at radius 2 is 1.60 bits per heavy atom. The number of hydrogen-bond acceptors (Lipinski definition) is 4. The zero-order chi connectivity index (χ0) is 18.2. The van der Waals surface area contributed by atoms with E-state index < -0.39 is 0 Å². The van der Waals surface area contributed by atoms with E-state index in [1.165, 1.54) is 5.56 Å². The molecule has 0 bridgehead atoms.